The van der Waals surface area contributed by atoms with Crippen LogP contribution in [-0.2, 0) is 9.59 Å². The summed E-state index contributed by atoms with van der Waals surface area (Å²) in [7, 11) is 0. The highest BCUT2D eigenvalue weighted by atomic mass is 16.4. The zero-order valence-corrected chi connectivity index (χ0v) is 11.1. The molecule has 0 heterocycles. The first-order valence-electron chi connectivity index (χ1n) is 5.75. The fourth-order valence-corrected chi connectivity index (χ4v) is 1.39. The molecule has 0 fully saturated rings. The summed E-state index contributed by atoms with van der Waals surface area (Å²) in [6, 6.07) is -1.85. The molecule has 7 nitrogen and oxygen atoms in total. The van der Waals surface area contributed by atoms with Crippen molar-refractivity contribution in [2.45, 2.75) is 39.8 Å². The van der Waals surface area contributed by atoms with Crippen LogP contribution in [0.2, 0.25) is 0 Å². The molecular weight excluding hydrogens is 238 g/mol. The Balaban J connectivity index is 4.77. The predicted octanol–water partition coefficient (Wildman–Crippen LogP) is 0.000900. The number of nitrogens with zero attached hydrogens (tertiary/aromatic N) is 1. The Morgan fingerprint density at radius 1 is 1.22 bits per heavy atom. The van der Waals surface area contributed by atoms with Crippen molar-refractivity contribution < 1.29 is 19.5 Å². The summed E-state index contributed by atoms with van der Waals surface area (Å²) in [4.78, 5) is 34.9. The van der Waals surface area contributed by atoms with E-state index in [1.165, 1.54) is 4.90 Å². The van der Waals surface area contributed by atoms with Crippen LogP contribution in [0.3, 0.4) is 0 Å². The fourth-order valence-electron chi connectivity index (χ4n) is 1.39. The van der Waals surface area contributed by atoms with E-state index >= 15 is 0 Å². The van der Waals surface area contributed by atoms with Gasteiger partial charge in [0.25, 0.3) is 0 Å². The van der Waals surface area contributed by atoms with Crippen molar-refractivity contribution >= 4 is 17.9 Å². The van der Waals surface area contributed by atoms with Crippen molar-refractivity contribution in [3.05, 3.63) is 0 Å². The number of carboxylic acids is 1. The Labute approximate surface area is 106 Å². The molecule has 0 aromatic rings. The number of rotatable bonds is 6. The van der Waals surface area contributed by atoms with Gasteiger partial charge < -0.3 is 21.1 Å². The van der Waals surface area contributed by atoms with Gasteiger partial charge in [0.1, 0.15) is 12.6 Å². The van der Waals surface area contributed by atoms with Gasteiger partial charge in [0.2, 0.25) is 5.91 Å². The first kappa shape index (κ1) is 16.2. The Morgan fingerprint density at radius 3 is 2.00 bits per heavy atom. The van der Waals surface area contributed by atoms with Crippen LogP contribution in [0.25, 0.3) is 0 Å². The predicted molar refractivity (Wildman–Crippen MR) is 65.8 cm³/mol. The van der Waals surface area contributed by atoms with E-state index in [4.69, 9.17) is 10.8 Å². The largest absolute Gasteiger partial charge is 0.480 e. The minimum absolute atomic E-state index is 0.242. The van der Waals surface area contributed by atoms with Crippen molar-refractivity contribution in [3.8, 4) is 0 Å². The second kappa shape index (κ2) is 6.83. The Bertz CT molecular complexity index is 328. The van der Waals surface area contributed by atoms with Gasteiger partial charge in [-0.15, -0.1) is 0 Å². The average Bonchev–Trinajstić information content (AvgIpc) is 2.20. The lowest BCUT2D eigenvalue weighted by Gasteiger charge is -2.28. The number of hydrogen-bond donors (Lipinski definition) is 3. The third kappa shape index (κ3) is 5.03. The van der Waals surface area contributed by atoms with Gasteiger partial charge in [-0.3, -0.25) is 4.79 Å². The SMILES string of the molecule is CC(C)[C@H](NC(=O)N(CC(N)=O)C(C)C)C(=O)O. The molecule has 18 heavy (non-hydrogen) atoms. The molecule has 7 heteroatoms. The number of hydrogen-bond acceptors (Lipinski definition) is 3. The first-order valence-corrected chi connectivity index (χ1v) is 5.75. The molecule has 0 aliphatic rings. The molecule has 0 unspecified atom stereocenters. The van der Waals surface area contributed by atoms with E-state index in [1.807, 2.05) is 0 Å². The summed E-state index contributed by atoms with van der Waals surface area (Å²) in [6.07, 6.45) is 0. The van der Waals surface area contributed by atoms with Crippen LogP contribution in [-0.4, -0.2) is 46.5 Å². The summed E-state index contributed by atoms with van der Waals surface area (Å²) in [5.41, 5.74) is 5.04. The third-order valence-corrected chi connectivity index (χ3v) is 2.42. The van der Waals surface area contributed by atoms with Crippen LogP contribution in [0.1, 0.15) is 27.7 Å². The molecule has 1 atom stereocenters. The van der Waals surface area contributed by atoms with Crippen molar-refractivity contribution in [2.75, 3.05) is 6.54 Å². The van der Waals surface area contributed by atoms with Gasteiger partial charge in [-0.1, -0.05) is 13.8 Å². The smallest absolute Gasteiger partial charge is 0.326 e. The van der Waals surface area contributed by atoms with Gasteiger partial charge in [-0.2, -0.15) is 0 Å². The third-order valence-electron chi connectivity index (χ3n) is 2.42. The molecule has 0 aromatic carbocycles. The van der Waals surface area contributed by atoms with Gasteiger partial charge in [0, 0.05) is 6.04 Å². The second-order valence-corrected chi connectivity index (χ2v) is 4.70. The average molecular weight is 259 g/mol. The van der Waals surface area contributed by atoms with E-state index in [9.17, 15) is 14.4 Å². The van der Waals surface area contributed by atoms with E-state index in [2.05, 4.69) is 5.32 Å². The molecule has 0 aromatic heterocycles. The zero-order valence-electron chi connectivity index (χ0n) is 11.1. The van der Waals surface area contributed by atoms with Gasteiger partial charge in [-0.05, 0) is 19.8 Å². The highest BCUT2D eigenvalue weighted by Gasteiger charge is 2.27. The van der Waals surface area contributed by atoms with Crippen LogP contribution in [0, 0.1) is 5.92 Å². The summed E-state index contributed by atoms with van der Waals surface area (Å²) in [5, 5.41) is 11.4. The zero-order chi connectivity index (χ0) is 14.5. The van der Waals surface area contributed by atoms with E-state index in [1.54, 1.807) is 27.7 Å². The molecule has 0 spiro atoms. The number of carbonyl (C=O) groups excluding carboxylic acids is 2. The fraction of sp³-hybridized carbons (Fsp3) is 0.727. The molecule has 0 aliphatic carbocycles. The molecule has 0 radical (unpaired) electrons. The number of carboxylic acid groups (broad SMARTS) is 1. The lowest BCUT2D eigenvalue weighted by Crippen LogP contribution is -2.53. The van der Waals surface area contributed by atoms with Gasteiger partial charge in [0.15, 0.2) is 0 Å². The quantitative estimate of drug-likeness (QED) is 0.623. The molecule has 0 saturated heterocycles. The van der Waals surface area contributed by atoms with Crippen molar-refractivity contribution in [2.24, 2.45) is 11.7 Å². The highest BCUT2D eigenvalue weighted by Crippen LogP contribution is 2.05. The molecule has 4 N–H and O–H groups in total. The summed E-state index contributed by atoms with van der Waals surface area (Å²) in [5.74, 6) is -2.01. The molecule has 3 amide bonds. The number of nitrogens with one attached hydrogen (secondary N) is 1. The van der Waals surface area contributed by atoms with E-state index in [0.717, 1.165) is 0 Å². The minimum atomic E-state index is -1.11. The monoisotopic (exact) mass is 259 g/mol. The van der Waals surface area contributed by atoms with Crippen molar-refractivity contribution in [3.63, 3.8) is 0 Å². The lowest BCUT2D eigenvalue weighted by molar-refractivity contribution is -0.140. The maximum atomic E-state index is 11.9. The van der Waals surface area contributed by atoms with Crippen molar-refractivity contribution in [1.82, 2.24) is 10.2 Å². The van der Waals surface area contributed by atoms with E-state index < -0.39 is 23.9 Å². The molecule has 0 saturated carbocycles. The van der Waals surface area contributed by atoms with Gasteiger partial charge in [-0.25, -0.2) is 9.59 Å². The molecule has 0 rings (SSSR count). The number of primary amides is 1. The van der Waals surface area contributed by atoms with Crippen LogP contribution >= 0.6 is 0 Å². The molecule has 104 valence electrons. The lowest BCUT2D eigenvalue weighted by atomic mass is 10.1. The standard InChI is InChI=1S/C11H21N3O4/c1-6(2)9(10(16)17)13-11(18)14(7(3)4)5-8(12)15/h6-7,9H,5H2,1-4H3,(H2,12,15)(H,13,18)(H,16,17)/t9-/m0/s1. The van der Waals surface area contributed by atoms with E-state index in [-0.39, 0.29) is 18.5 Å². The second-order valence-electron chi connectivity index (χ2n) is 4.70. The van der Waals surface area contributed by atoms with Crippen molar-refractivity contribution in [1.29, 1.82) is 0 Å². The summed E-state index contributed by atoms with van der Waals surface area (Å²) in [6.45, 7) is 6.56. The van der Waals surface area contributed by atoms with Gasteiger partial charge >= 0.3 is 12.0 Å². The molecular formula is C11H21N3O4. The van der Waals surface area contributed by atoms with Crippen LogP contribution in [0.4, 0.5) is 4.79 Å². The maximum absolute atomic E-state index is 11.9. The topological polar surface area (TPSA) is 113 Å². The van der Waals surface area contributed by atoms with Crippen LogP contribution in [0.5, 0.6) is 0 Å². The number of carbonyl (C=O) groups is 3. The van der Waals surface area contributed by atoms with Gasteiger partial charge in [0.05, 0.1) is 0 Å². The Morgan fingerprint density at radius 2 is 1.72 bits per heavy atom. The first-order chi connectivity index (χ1) is 8.16. The van der Waals surface area contributed by atoms with E-state index in [0.29, 0.717) is 0 Å². The summed E-state index contributed by atoms with van der Waals surface area (Å²) < 4.78 is 0. The van der Waals surface area contributed by atoms with Crippen LogP contribution < -0.4 is 11.1 Å². The number of amides is 3. The maximum Gasteiger partial charge on any atom is 0.326 e. The summed E-state index contributed by atoms with van der Waals surface area (Å²) >= 11 is 0. The number of nitrogens with two attached hydrogens (primary N) is 1. The minimum Gasteiger partial charge on any atom is -0.480 e. The Kier molecular flexibility index (Phi) is 6.15. The normalized spacial score (nSPS) is 12.3. The number of aliphatic carboxylic acids is 1. The Hall–Kier alpha value is -1.79. The van der Waals surface area contributed by atoms with Crippen LogP contribution in [0.15, 0.2) is 0 Å². The molecule has 0 aliphatic heterocycles. The molecule has 0 bridgehead atoms. The number of urea groups is 1. The highest BCUT2D eigenvalue weighted by molar-refractivity contribution is 5.86.